The Labute approximate surface area is 147 Å². The molecule has 24 heavy (non-hydrogen) atoms. The van der Waals surface area contributed by atoms with E-state index < -0.39 is 0 Å². The molecule has 0 saturated heterocycles. The Morgan fingerprint density at radius 3 is 2.21 bits per heavy atom. The zero-order valence-corrected chi connectivity index (χ0v) is 15.8. The average Bonchev–Trinajstić information content (AvgIpc) is 2.60. The number of carbonyl (C=O) groups excluding carboxylic acids is 1. The number of anilines is 1. The molecular formula is C20H33N3O. The van der Waals surface area contributed by atoms with Gasteiger partial charge in [0.15, 0.2) is 0 Å². The molecule has 1 fully saturated rings. The van der Waals surface area contributed by atoms with Crippen LogP contribution in [-0.4, -0.2) is 56.0 Å². The molecule has 0 atom stereocenters. The standard InChI is InChI=1S/C20H33N3O/c1-5-23(19-9-7-6-8-10-19)16-20(24)22(4)15-17-11-13-18(14-12-17)21(2)3/h11-14,19H,5-10,15-16H2,1-4H3. The van der Waals surface area contributed by atoms with E-state index in [4.69, 9.17) is 0 Å². The fourth-order valence-corrected chi connectivity index (χ4v) is 3.50. The summed E-state index contributed by atoms with van der Waals surface area (Å²) in [6.07, 6.45) is 6.46. The van der Waals surface area contributed by atoms with E-state index in [1.54, 1.807) is 0 Å². The molecule has 0 heterocycles. The van der Waals surface area contributed by atoms with Gasteiger partial charge in [-0.15, -0.1) is 0 Å². The predicted octanol–water partition coefficient (Wildman–Crippen LogP) is 3.37. The third-order valence-corrected chi connectivity index (χ3v) is 5.13. The van der Waals surface area contributed by atoms with Crippen molar-refractivity contribution in [3.05, 3.63) is 29.8 Å². The molecule has 1 saturated carbocycles. The summed E-state index contributed by atoms with van der Waals surface area (Å²) in [6, 6.07) is 9.03. The van der Waals surface area contributed by atoms with Gasteiger partial charge >= 0.3 is 0 Å². The van der Waals surface area contributed by atoms with E-state index >= 15 is 0 Å². The molecule has 4 nitrogen and oxygen atoms in total. The number of hydrogen-bond donors (Lipinski definition) is 0. The Morgan fingerprint density at radius 1 is 1.04 bits per heavy atom. The molecule has 0 radical (unpaired) electrons. The Bertz CT molecular complexity index is 506. The minimum Gasteiger partial charge on any atom is -0.378 e. The van der Waals surface area contributed by atoms with E-state index in [2.05, 4.69) is 41.0 Å². The quantitative estimate of drug-likeness (QED) is 0.766. The number of amides is 1. The van der Waals surface area contributed by atoms with Crippen LogP contribution in [-0.2, 0) is 11.3 Å². The van der Waals surface area contributed by atoms with Crippen molar-refractivity contribution in [2.75, 3.05) is 39.1 Å². The van der Waals surface area contributed by atoms with Crippen molar-refractivity contribution in [2.24, 2.45) is 0 Å². The molecule has 1 aliphatic rings. The first-order chi connectivity index (χ1) is 11.5. The maximum absolute atomic E-state index is 12.6. The molecule has 0 unspecified atom stereocenters. The summed E-state index contributed by atoms with van der Waals surface area (Å²) in [5, 5.41) is 0. The normalized spacial score (nSPS) is 15.5. The van der Waals surface area contributed by atoms with Crippen LogP contribution in [0, 0.1) is 0 Å². The van der Waals surface area contributed by atoms with Crippen LogP contribution in [0.4, 0.5) is 5.69 Å². The van der Waals surface area contributed by atoms with Crippen LogP contribution >= 0.6 is 0 Å². The first kappa shape index (κ1) is 18.8. The zero-order chi connectivity index (χ0) is 17.5. The lowest BCUT2D eigenvalue weighted by Gasteiger charge is -2.34. The molecule has 134 valence electrons. The maximum atomic E-state index is 12.6. The Balaban J connectivity index is 1.88. The molecule has 0 N–H and O–H groups in total. The number of nitrogens with zero attached hydrogens (tertiary/aromatic N) is 3. The van der Waals surface area contributed by atoms with Gasteiger partial charge in [-0.05, 0) is 37.1 Å². The van der Waals surface area contributed by atoms with Crippen LogP contribution < -0.4 is 4.90 Å². The third-order valence-electron chi connectivity index (χ3n) is 5.13. The van der Waals surface area contributed by atoms with Crippen molar-refractivity contribution in [1.82, 2.24) is 9.80 Å². The maximum Gasteiger partial charge on any atom is 0.236 e. The third kappa shape index (κ3) is 5.23. The van der Waals surface area contributed by atoms with Crippen molar-refractivity contribution < 1.29 is 4.79 Å². The van der Waals surface area contributed by atoms with Gasteiger partial charge in [0.2, 0.25) is 5.91 Å². The molecule has 1 aromatic carbocycles. The molecular weight excluding hydrogens is 298 g/mol. The minimum atomic E-state index is 0.221. The highest BCUT2D eigenvalue weighted by Crippen LogP contribution is 2.22. The second-order valence-electron chi connectivity index (χ2n) is 7.17. The van der Waals surface area contributed by atoms with Gasteiger partial charge in [0.05, 0.1) is 6.54 Å². The van der Waals surface area contributed by atoms with Gasteiger partial charge in [0, 0.05) is 39.4 Å². The fraction of sp³-hybridized carbons (Fsp3) is 0.650. The van der Waals surface area contributed by atoms with E-state index in [1.165, 1.54) is 43.4 Å². The van der Waals surface area contributed by atoms with Crippen LogP contribution in [0.2, 0.25) is 0 Å². The number of rotatable bonds is 7. The predicted molar refractivity (Wildman–Crippen MR) is 101 cm³/mol. The van der Waals surface area contributed by atoms with Gasteiger partial charge in [-0.3, -0.25) is 9.69 Å². The van der Waals surface area contributed by atoms with Gasteiger partial charge in [-0.2, -0.15) is 0 Å². The lowest BCUT2D eigenvalue weighted by Crippen LogP contribution is -2.44. The van der Waals surface area contributed by atoms with Crippen LogP contribution in [0.25, 0.3) is 0 Å². The largest absolute Gasteiger partial charge is 0.378 e. The molecule has 1 aliphatic carbocycles. The first-order valence-electron chi connectivity index (χ1n) is 9.25. The Morgan fingerprint density at radius 2 is 1.67 bits per heavy atom. The van der Waals surface area contributed by atoms with Crippen molar-refractivity contribution in [1.29, 1.82) is 0 Å². The molecule has 0 aliphatic heterocycles. The van der Waals surface area contributed by atoms with Gasteiger partial charge in [0.1, 0.15) is 0 Å². The van der Waals surface area contributed by atoms with E-state index in [9.17, 15) is 4.79 Å². The second-order valence-corrected chi connectivity index (χ2v) is 7.17. The number of likely N-dealkylation sites (N-methyl/N-ethyl adjacent to an activating group) is 2. The SMILES string of the molecule is CCN(CC(=O)N(C)Cc1ccc(N(C)C)cc1)C1CCCCC1. The molecule has 2 rings (SSSR count). The van der Waals surface area contributed by atoms with E-state index in [0.717, 1.165) is 6.54 Å². The van der Waals surface area contributed by atoms with Crippen molar-refractivity contribution in [3.8, 4) is 0 Å². The zero-order valence-electron chi connectivity index (χ0n) is 15.8. The van der Waals surface area contributed by atoms with Gasteiger partial charge in [0.25, 0.3) is 0 Å². The van der Waals surface area contributed by atoms with E-state index in [-0.39, 0.29) is 5.91 Å². The van der Waals surface area contributed by atoms with E-state index in [1.807, 2.05) is 26.0 Å². The van der Waals surface area contributed by atoms with Crippen LogP contribution in [0.1, 0.15) is 44.6 Å². The Hall–Kier alpha value is -1.55. The average molecular weight is 332 g/mol. The van der Waals surface area contributed by atoms with Gasteiger partial charge in [-0.25, -0.2) is 0 Å². The second kappa shape index (κ2) is 9.07. The van der Waals surface area contributed by atoms with Crippen molar-refractivity contribution in [3.63, 3.8) is 0 Å². The molecule has 0 spiro atoms. The Kier molecular flexibility index (Phi) is 7.10. The summed E-state index contributed by atoms with van der Waals surface area (Å²) in [5.74, 6) is 0.221. The lowest BCUT2D eigenvalue weighted by molar-refractivity contribution is -0.132. The highest BCUT2D eigenvalue weighted by atomic mass is 16.2. The van der Waals surface area contributed by atoms with Crippen LogP contribution in [0.15, 0.2) is 24.3 Å². The summed E-state index contributed by atoms with van der Waals surface area (Å²) in [4.78, 5) is 18.9. The van der Waals surface area contributed by atoms with Crippen molar-refractivity contribution >= 4 is 11.6 Å². The molecule has 1 amide bonds. The topological polar surface area (TPSA) is 26.8 Å². The molecule has 0 aromatic heterocycles. The lowest BCUT2D eigenvalue weighted by atomic mass is 9.94. The molecule has 4 heteroatoms. The minimum absolute atomic E-state index is 0.221. The van der Waals surface area contributed by atoms with Crippen LogP contribution in [0.3, 0.4) is 0 Å². The first-order valence-corrected chi connectivity index (χ1v) is 9.25. The number of benzene rings is 1. The number of carbonyl (C=O) groups is 1. The highest BCUT2D eigenvalue weighted by Gasteiger charge is 2.23. The van der Waals surface area contributed by atoms with Crippen molar-refractivity contribution in [2.45, 2.75) is 51.6 Å². The summed E-state index contributed by atoms with van der Waals surface area (Å²) in [7, 11) is 5.99. The summed E-state index contributed by atoms with van der Waals surface area (Å²) >= 11 is 0. The molecule has 1 aromatic rings. The van der Waals surface area contributed by atoms with Gasteiger partial charge in [-0.1, -0.05) is 38.3 Å². The van der Waals surface area contributed by atoms with Crippen LogP contribution in [0.5, 0.6) is 0 Å². The summed E-state index contributed by atoms with van der Waals surface area (Å²) < 4.78 is 0. The smallest absolute Gasteiger partial charge is 0.236 e. The number of hydrogen-bond acceptors (Lipinski definition) is 3. The summed E-state index contributed by atoms with van der Waals surface area (Å²) in [6.45, 7) is 4.35. The van der Waals surface area contributed by atoms with Gasteiger partial charge < -0.3 is 9.80 Å². The highest BCUT2D eigenvalue weighted by molar-refractivity contribution is 5.78. The monoisotopic (exact) mass is 331 g/mol. The molecule has 0 bridgehead atoms. The summed E-state index contributed by atoms with van der Waals surface area (Å²) in [5.41, 5.74) is 2.36. The fourth-order valence-electron chi connectivity index (χ4n) is 3.50. The van der Waals surface area contributed by atoms with E-state index in [0.29, 0.717) is 19.1 Å².